The number of hydrogen-bond acceptors (Lipinski definition) is 4. The summed E-state index contributed by atoms with van der Waals surface area (Å²) in [6, 6.07) is 3.84. The van der Waals surface area contributed by atoms with Crippen LogP contribution in [0.15, 0.2) is 22.7 Å². The predicted octanol–water partition coefficient (Wildman–Crippen LogP) is 3.47. The first-order valence-electron chi connectivity index (χ1n) is 6.16. The van der Waals surface area contributed by atoms with Gasteiger partial charge < -0.3 is 14.2 Å². The molecular formula is C13H12BrF3O4. The second-order valence-corrected chi connectivity index (χ2v) is 5.20. The average molecular weight is 369 g/mol. The number of carbonyl (C=O) groups excluding carboxylic acids is 1. The van der Waals surface area contributed by atoms with Crippen LogP contribution in [-0.4, -0.2) is 31.0 Å². The van der Waals surface area contributed by atoms with E-state index in [1.54, 1.807) is 6.92 Å². The molecule has 0 spiro atoms. The minimum atomic E-state index is -4.76. The smallest absolute Gasteiger partial charge is 0.487 e. The first kappa shape index (κ1) is 16.1. The fourth-order valence-electron chi connectivity index (χ4n) is 1.89. The number of alkyl halides is 3. The largest absolute Gasteiger partial charge is 0.573 e. The molecule has 21 heavy (non-hydrogen) atoms. The van der Waals surface area contributed by atoms with Crippen molar-refractivity contribution < 1.29 is 32.2 Å². The summed E-state index contributed by atoms with van der Waals surface area (Å²) in [4.78, 5) is 11.3. The van der Waals surface area contributed by atoms with Crippen molar-refractivity contribution in [1.29, 1.82) is 0 Å². The molecule has 2 rings (SSSR count). The summed E-state index contributed by atoms with van der Waals surface area (Å²) >= 11 is 2.98. The zero-order valence-corrected chi connectivity index (χ0v) is 12.5. The monoisotopic (exact) mass is 368 g/mol. The highest BCUT2D eigenvalue weighted by Crippen LogP contribution is 2.34. The standard InChI is InChI=1S/C13H12BrF3O4/c1-2-19-12-9(18)6-11(12)20-7-3-4-10(8(14)5-7)21-13(15,16)17/h3-5,11-12H,2,6H2,1H3. The van der Waals surface area contributed by atoms with Gasteiger partial charge in [0.2, 0.25) is 0 Å². The number of rotatable bonds is 5. The van der Waals surface area contributed by atoms with Gasteiger partial charge >= 0.3 is 6.36 Å². The maximum atomic E-state index is 12.1. The molecule has 1 aromatic carbocycles. The van der Waals surface area contributed by atoms with E-state index in [0.29, 0.717) is 12.4 Å². The first-order valence-corrected chi connectivity index (χ1v) is 6.95. The Morgan fingerprint density at radius 1 is 1.38 bits per heavy atom. The highest BCUT2D eigenvalue weighted by atomic mass is 79.9. The molecule has 4 nitrogen and oxygen atoms in total. The van der Waals surface area contributed by atoms with Gasteiger partial charge in [-0.15, -0.1) is 13.2 Å². The third-order valence-corrected chi connectivity index (χ3v) is 3.44. The summed E-state index contributed by atoms with van der Waals surface area (Å²) in [6.07, 6.45) is -5.56. The topological polar surface area (TPSA) is 44.8 Å². The predicted molar refractivity (Wildman–Crippen MR) is 70.3 cm³/mol. The van der Waals surface area contributed by atoms with Crippen LogP contribution in [0.3, 0.4) is 0 Å². The quantitative estimate of drug-likeness (QED) is 0.798. The lowest BCUT2D eigenvalue weighted by Gasteiger charge is -2.34. The Kier molecular flexibility index (Phi) is 4.77. The second kappa shape index (κ2) is 6.23. The molecule has 0 saturated heterocycles. The van der Waals surface area contributed by atoms with Crippen molar-refractivity contribution >= 4 is 21.7 Å². The maximum Gasteiger partial charge on any atom is 0.573 e. The number of ether oxygens (including phenoxy) is 3. The molecule has 0 aliphatic heterocycles. The summed E-state index contributed by atoms with van der Waals surface area (Å²) in [5, 5.41) is 0. The average Bonchev–Trinajstić information content (AvgIpc) is 2.37. The van der Waals surface area contributed by atoms with E-state index in [4.69, 9.17) is 9.47 Å². The van der Waals surface area contributed by atoms with E-state index in [1.165, 1.54) is 12.1 Å². The molecule has 8 heteroatoms. The second-order valence-electron chi connectivity index (χ2n) is 4.34. The van der Waals surface area contributed by atoms with Gasteiger partial charge in [0.05, 0.1) is 4.47 Å². The summed E-state index contributed by atoms with van der Waals surface area (Å²) in [7, 11) is 0. The van der Waals surface area contributed by atoms with E-state index < -0.39 is 18.6 Å². The Morgan fingerprint density at radius 2 is 2.10 bits per heavy atom. The summed E-state index contributed by atoms with van der Waals surface area (Å²) in [5.41, 5.74) is 0. The summed E-state index contributed by atoms with van der Waals surface area (Å²) in [5.74, 6) is -0.0718. The molecule has 0 radical (unpaired) electrons. The summed E-state index contributed by atoms with van der Waals surface area (Å²) in [6.45, 7) is 2.15. The molecule has 1 aliphatic rings. The van der Waals surface area contributed by atoms with Crippen molar-refractivity contribution in [2.24, 2.45) is 0 Å². The van der Waals surface area contributed by atoms with Gasteiger partial charge in [-0.1, -0.05) is 0 Å². The normalized spacial score (nSPS) is 21.9. The number of halogens is 4. The zero-order valence-electron chi connectivity index (χ0n) is 10.9. The van der Waals surface area contributed by atoms with E-state index in [9.17, 15) is 18.0 Å². The van der Waals surface area contributed by atoms with E-state index >= 15 is 0 Å². The lowest BCUT2D eigenvalue weighted by atomic mass is 9.90. The van der Waals surface area contributed by atoms with E-state index in [-0.39, 0.29) is 22.4 Å². The molecule has 1 aromatic rings. The molecular weight excluding hydrogens is 357 g/mol. The minimum absolute atomic E-state index is 0.0436. The number of Topliss-reactive ketones (excluding diaryl/α,β-unsaturated/α-hetero) is 1. The van der Waals surface area contributed by atoms with E-state index in [1.807, 2.05) is 0 Å². The molecule has 0 N–H and O–H groups in total. The Hall–Kier alpha value is -1.28. The van der Waals surface area contributed by atoms with Crippen LogP contribution in [0.2, 0.25) is 0 Å². The van der Waals surface area contributed by atoms with Crippen LogP contribution in [-0.2, 0) is 9.53 Å². The number of hydrogen-bond donors (Lipinski definition) is 0. The molecule has 2 unspecified atom stereocenters. The number of benzene rings is 1. The van der Waals surface area contributed by atoms with Crippen LogP contribution in [0.4, 0.5) is 13.2 Å². The van der Waals surface area contributed by atoms with Crippen LogP contribution in [0, 0.1) is 0 Å². The SMILES string of the molecule is CCOC1C(=O)CC1Oc1ccc(OC(F)(F)F)c(Br)c1. The van der Waals surface area contributed by atoms with Gasteiger partial charge in [0.15, 0.2) is 11.9 Å². The Labute approximate surface area is 127 Å². The van der Waals surface area contributed by atoms with Gasteiger partial charge in [-0.3, -0.25) is 4.79 Å². The minimum Gasteiger partial charge on any atom is -0.487 e. The number of ketones is 1. The summed E-state index contributed by atoms with van der Waals surface area (Å²) < 4.78 is 51.1. The van der Waals surface area contributed by atoms with Gasteiger partial charge in [-0.25, -0.2) is 0 Å². The molecule has 0 bridgehead atoms. The third-order valence-electron chi connectivity index (χ3n) is 2.82. The number of carbonyl (C=O) groups is 1. The fourth-order valence-corrected chi connectivity index (χ4v) is 2.33. The Morgan fingerprint density at radius 3 is 2.62 bits per heavy atom. The maximum absolute atomic E-state index is 12.1. The van der Waals surface area contributed by atoms with E-state index in [2.05, 4.69) is 20.7 Å². The van der Waals surface area contributed by atoms with Gasteiger partial charge in [0, 0.05) is 13.0 Å². The van der Waals surface area contributed by atoms with Crippen molar-refractivity contribution in [3.05, 3.63) is 22.7 Å². The van der Waals surface area contributed by atoms with Gasteiger partial charge in [0.1, 0.15) is 17.6 Å². The molecule has 1 fully saturated rings. The van der Waals surface area contributed by atoms with Gasteiger partial charge in [-0.2, -0.15) is 0 Å². The Balaban J connectivity index is 2.02. The highest BCUT2D eigenvalue weighted by Gasteiger charge is 2.42. The molecule has 116 valence electrons. The molecule has 0 amide bonds. The van der Waals surface area contributed by atoms with Crippen LogP contribution < -0.4 is 9.47 Å². The molecule has 1 aliphatic carbocycles. The first-order chi connectivity index (χ1) is 9.80. The van der Waals surface area contributed by atoms with Crippen molar-refractivity contribution in [2.75, 3.05) is 6.61 Å². The highest BCUT2D eigenvalue weighted by molar-refractivity contribution is 9.10. The zero-order chi connectivity index (χ0) is 15.6. The van der Waals surface area contributed by atoms with Crippen LogP contribution in [0.5, 0.6) is 11.5 Å². The Bertz CT molecular complexity index is 533. The van der Waals surface area contributed by atoms with Gasteiger partial charge in [0.25, 0.3) is 0 Å². The van der Waals surface area contributed by atoms with Gasteiger partial charge in [-0.05, 0) is 41.1 Å². The van der Waals surface area contributed by atoms with Crippen LogP contribution in [0.25, 0.3) is 0 Å². The molecule has 0 aromatic heterocycles. The lowest BCUT2D eigenvalue weighted by Crippen LogP contribution is -2.52. The third kappa shape index (κ3) is 4.10. The van der Waals surface area contributed by atoms with Crippen molar-refractivity contribution in [3.63, 3.8) is 0 Å². The lowest BCUT2D eigenvalue weighted by molar-refractivity contribution is -0.274. The van der Waals surface area contributed by atoms with E-state index in [0.717, 1.165) is 6.07 Å². The van der Waals surface area contributed by atoms with Crippen molar-refractivity contribution in [1.82, 2.24) is 0 Å². The fraction of sp³-hybridized carbons (Fsp3) is 0.462. The van der Waals surface area contributed by atoms with Crippen LogP contribution >= 0.6 is 15.9 Å². The van der Waals surface area contributed by atoms with Crippen molar-refractivity contribution in [2.45, 2.75) is 31.9 Å². The molecule has 0 heterocycles. The van der Waals surface area contributed by atoms with Crippen molar-refractivity contribution in [3.8, 4) is 11.5 Å². The van der Waals surface area contributed by atoms with Crippen LogP contribution in [0.1, 0.15) is 13.3 Å². The molecule has 1 saturated carbocycles. The molecule has 2 atom stereocenters.